The van der Waals surface area contributed by atoms with Crippen molar-refractivity contribution in [3.8, 4) is 5.75 Å². The highest BCUT2D eigenvalue weighted by Crippen LogP contribution is 2.38. The molecular weight excluding hydrogens is 510 g/mol. The third-order valence-electron chi connectivity index (χ3n) is 6.78. The molecule has 0 unspecified atom stereocenters. The van der Waals surface area contributed by atoms with E-state index < -0.39 is 0 Å². The average molecular weight is 540 g/mol. The van der Waals surface area contributed by atoms with E-state index in [9.17, 15) is 9.59 Å². The molecule has 8 heteroatoms. The van der Waals surface area contributed by atoms with Crippen molar-refractivity contribution in [2.45, 2.75) is 60.1 Å². The molecule has 1 heterocycles. The lowest BCUT2D eigenvalue weighted by Crippen LogP contribution is -2.29. The molecular formula is C27H30BrN3O4. The molecule has 1 aliphatic rings. The molecule has 2 aromatic carbocycles. The van der Waals surface area contributed by atoms with Crippen LogP contribution in [0.4, 0.5) is 0 Å². The highest BCUT2D eigenvalue weighted by atomic mass is 79.9. The first-order chi connectivity index (χ1) is 16.7. The van der Waals surface area contributed by atoms with E-state index in [1.165, 1.54) is 18.1 Å². The molecule has 0 saturated heterocycles. The van der Waals surface area contributed by atoms with E-state index in [1.54, 1.807) is 10.9 Å². The Balaban J connectivity index is 1.36. The summed E-state index contributed by atoms with van der Waals surface area (Å²) in [6, 6.07) is 9.96. The van der Waals surface area contributed by atoms with Crippen molar-refractivity contribution < 1.29 is 19.1 Å². The number of ether oxygens (including phenoxy) is 2. The lowest BCUT2D eigenvalue weighted by molar-refractivity contribution is -0.151. The number of rotatable bonds is 7. The summed E-state index contributed by atoms with van der Waals surface area (Å²) in [6.45, 7) is 8.07. The van der Waals surface area contributed by atoms with Gasteiger partial charge in [-0.3, -0.25) is 9.59 Å². The molecule has 0 amide bonds. The zero-order chi connectivity index (χ0) is 25.1. The Morgan fingerprint density at radius 1 is 1.20 bits per heavy atom. The van der Waals surface area contributed by atoms with Crippen LogP contribution in [0.2, 0.25) is 0 Å². The molecule has 0 bridgehead atoms. The first kappa shape index (κ1) is 25.1. The van der Waals surface area contributed by atoms with Crippen LogP contribution in [0.25, 0.3) is 0 Å². The van der Waals surface area contributed by atoms with Crippen molar-refractivity contribution in [2.75, 3.05) is 0 Å². The van der Waals surface area contributed by atoms with Gasteiger partial charge in [-0.15, -0.1) is 5.10 Å². The Bertz CT molecular complexity index is 1240. The number of fused-ring (bicyclic) bond motifs is 1. The molecule has 3 aromatic rings. The number of hydrogen-bond donors (Lipinski definition) is 0. The summed E-state index contributed by atoms with van der Waals surface area (Å²) < 4.78 is 13.8. The van der Waals surface area contributed by atoms with Gasteiger partial charge < -0.3 is 9.47 Å². The molecule has 0 spiro atoms. The topological polar surface area (TPSA) is 83.3 Å². The fourth-order valence-electron chi connectivity index (χ4n) is 4.74. The van der Waals surface area contributed by atoms with E-state index in [0.717, 1.165) is 40.4 Å². The first-order valence-electron chi connectivity index (χ1n) is 11.8. The Morgan fingerprint density at radius 2 is 1.94 bits per heavy atom. The van der Waals surface area contributed by atoms with Crippen LogP contribution in [-0.4, -0.2) is 26.9 Å². The van der Waals surface area contributed by atoms with Gasteiger partial charge in [-0.2, -0.15) is 0 Å². The zero-order valence-corrected chi connectivity index (χ0v) is 22.1. The lowest BCUT2D eigenvalue weighted by atomic mass is 9.75. The minimum Gasteiger partial charge on any atom is -0.459 e. The maximum Gasteiger partial charge on any atom is 0.309 e. The normalized spacial score (nSPS) is 15.9. The molecule has 35 heavy (non-hydrogen) atoms. The van der Waals surface area contributed by atoms with Crippen LogP contribution in [0.3, 0.4) is 0 Å². The lowest BCUT2D eigenvalue weighted by Gasteiger charge is -2.31. The highest BCUT2D eigenvalue weighted by Gasteiger charge is 2.31. The number of carbonyl (C=O) groups is 2. The van der Waals surface area contributed by atoms with Crippen LogP contribution in [0.15, 0.2) is 41.0 Å². The maximum absolute atomic E-state index is 12.9. The molecule has 184 valence electrons. The summed E-state index contributed by atoms with van der Waals surface area (Å²) in [5.41, 5.74) is 6.32. The van der Waals surface area contributed by atoms with Gasteiger partial charge in [0.05, 0.1) is 18.7 Å². The number of esters is 2. The molecule has 7 nitrogen and oxygen atoms in total. The maximum atomic E-state index is 12.9. The summed E-state index contributed by atoms with van der Waals surface area (Å²) in [5, 5.41) is 8.29. The molecule has 0 radical (unpaired) electrons. The van der Waals surface area contributed by atoms with Crippen molar-refractivity contribution >= 4 is 27.9 Å². The number of aromatic nitrogens is 3. The molecule has 1 aliphatic carbocycles. The van der Waals surface area contributed by atoms with E-state index in [2.05, 4.69) is 26.2 Å². The number of hydrogen-bond acceptors (Lipinski definition) is 6. The molecule has 0 fully saturated rings. The zero-order valence-electron chi connectivity index (χ0n) is 20.5. The number of carbonyl (C=O) groups excluding carboxylic acids is 2. The molecule has 0 aliphatic heterocycles. The number of benzene rings is 2. The molecule has 0 N–H and O–H groups in total. The van der Waals surface area contributed by atoms with Crippen molar-refractivity contribution in [1.29, 1.82) is 0 Å². The fourth-order valence-corrected chi connectivity index (χ4v) is 5.00. The second-order valence-corrected chi connectivity index (χ2v) is 10.2. The SMILES string of the molecule is CC(=O)Oc1cc(C)c2c(c1C)C[C@H]([C@@H](C)C(=O)OCc1cn(Cc3ccc(Br)cc3)nn1)CC2. The van der Waals surface area contributed by atoms with E-state index in [1.807, 2.05) is 51.1 Å². The van der Waals surface area contributed by atoms with E-state index in [4.69, 9.17) is 9.47 Å². The number of halogens is 1. The van der Waals surface area contributed by atoms with E-state index >= 15 is 0 Å². The van der Waals surface area contributed by atoms with Crippen LogP contribution < -0.4 is 4.74 Å². The van der Waals surface area contributed by atoms with Gasteiger partial charge in [-0.1, -0.05) is 40.2 Å². The summed E-state index contributed by atoms with van der Waals surface area (Å²) in [5.74, 6) is -0.0420. The van der Waals surface area contributed by atoms with Gasteiger partial charge in [-0.25, -0.2) is 4.68 Å². The molecule has 1 aromatic heterocycles. The molecule has 0 saturated carbocycles. The standard InChI is InChI=1S/C27H30BrN3O4/c1-16-11-26(35-19(4)32)18(3)25-12-21(7-10-24(16)25)17(2)27(33)34-15-23-14-31(30-29-23)13-20-5-8-22(28)9-6-20/h5-6,8-9,11,14,17,21H,7,10,12-13,15H2,1-4H3/t17-,21-/m1/s1. The van der Waals surface area contributed by atoms with Gasteiger partial charge in [0, 0.05) is 11.4 Å². The Labute approximate surface area is 213 Å². The van der Waals surface area contributed by atoms with Gasteiger partial charge in [-0.05, 0) is 85.0 Å². The molecule has 4 rings (SSSR count). The van der Waals surface area contributed by atoms with Crippen molar-refractivity contribution in [3.63, 3.8) is 0 Å². The minimum atomic E-state index is -0.328. The van der Waals surface area contributed by atoms with Crippen molar-refractivity contribution in [1.82, 2.24) is 15.0 Å². The van der Waals surface area contributed by atoms with Gasteiger partial charge in [0.2, 0.25) is 0 Å². The van der Waals surface area contributed by atoms with Gasteiger partial charge in [0.15, 0.2) is 0 Å². The Hall–Kier alpha value is -3.00. The summed E-state index contributed by atoms with van der Waals surface area (Å²) in [6.07, 6.45) is 4.38. The summed E-state index contributed by atoms with van der Waals surface area (Å²) >= 11 is 3.43. The predicted molar refractivity (Wildman–Crippen MR) is 135 cm³/mol. The Morgan fingerprint density at radius 3 is 2.66 bits per heavy atom. The van der Waals surface area contributed by atoms with Crippen molar-refractivity contribution in [2.24, 2.45) is 11.8 Å². The Kier molecular flexibility index (Phi) is 7.69. The summed E-state index contributed by atoms with van der Waals surface area (Å²) in [4.78, 5) is 24.4. The largest absolute Gasteiger partial charge is 0.459 e. The van der Waals surface area contributed by atoms with Crippen LogP contribution in [0, 0.1) is 25.7 Å². The molecule has 2 atom stereocenters. The van der Waals surface area contributed by atoms with Crippen LogP contribution in [-0.2, 0) is 40.3 Å². The van der Waals surface area contributed by atoms with Crippen molar-refractivity contribution in [3.05, 3.63) is 74.5 Å². The summed E-state index contributed by atoms with van der Waals surface area (Å²) in [7, 11) is 0. The fraction of sp³-hybridized carbons (Fsp3) is 0.407. The van der Waals surface area contributed by atoms with E-state index in [-0.39, 0.29) is 30.4 Å². The van der Waals surface area contributed by atoms with Gasteiger partial charge in [0.25, 0.3) is 0 Å². The smallest absolute Gasteiger partial charge is 0.309 e. The van der Waals surface area contributed by atoms with E-state index in [0.29, 0.717) is 18.0 Å². The monoisotopic (exact) mass is 539 g/mol. The average Bonchev–Trinajstić information content (AvgIpc) is 3.28. The van der Waals surface area contributed by atoms with Crippen LogP contribution >= 0.6 is 15.9 Å². The minimum absolute atomic E-state index is 0.0988. The number of nitrogens with zero attached hydrogens (tertiary/aromatic N) is 3. The first-order valence-corrected chi connectivity index (χ1v) is 12.6. The second-order valence-electron chi connectivity index (χ2n) is 9.30. The van der Waals surface area contributed by atoms with Gasteiger partial charge in [0.1, 0.15) is 18.1 Å². The van der Waals surface area contributed by atoms with Crippen LogP contribution in [0.5, 0.6) is 5.75 Å². The van der Waals surface area contributed by atoms with Gasteiger partial charge >= 0.3 is 11.9 Å². The van der Waals surface area contributed by atoms with Crippen LogP contribution in [0.1, 0.15) is 53.8 Å². The third kappa shape index (κ3) is 5.99. The number of aryl methyl sites for hydroxylation is 1. The predicted octanol–water partition coefficient (Wildman–Crippen LogP) is 5.12. The third-order valence-corrected chi connectivity index (χ3v) is 7.31. The quantitative estimate of drug-likeness (QED) is 0.306. The second kappa shape index (κ2) is 10.7. The highest BCUT2D eigenvalue weighted by molar-refractivity contribution is 9.10.